The quantitative estimate of drug-likeness (QED) is 0.848. The fourth-order valence-electron chi connectivity index (χ4n) is 1.34. The molecule has 0 unspecified atom stereocenters. The Kier molecular flexibility index (Phi) is 4.30. The van der Waals surface area contributed by atoms with Crippen LogP contribution in [-0.4, -0.2) is 17.1 Å². The first-order chi connectivity index (χ1) is 8.28. The SMILES string of the molecule is COCc1nc(Cl)cc(NCc2cccs2)n1. The number of thiophene rings is 1. The number of nitrogens with one attached hydrogen (secondary N) is 1. The highest BCUT2D eigenvalue weighted by Crippen LogP contribution is 2.15. The summed E-state index contributed by atoms with van der Waals surface area (Å²) in [4.78, 5) is 9.60. The number of aromatic nitrogens is 2. The van der Waals surface area contributed by atoms with Gasteiger partial charge in [-0.15, -0.1) is 11.3 Å². The van der Waals surface area contributed by atoms with E-state index in [0.29, 0.717) is 23.4 Å². The summed E-state index contributed by atoms with van der Waals surface area (Å²) in [5, 5.41) is 5.67. The van der Waals surface area contributed by atoms with Gasteiger partial charge in [-0.1, -0.05) is 17.7 Å². The highest BCUT2D eigenvalue weighted by molar-refractivity contribution is 7.09. The molecule has 0 amide bonds. The molecule has 0 atom stereocenters. The molecule has 0 fully saturated rings. The Morgan fingerprint density at radius 3 is 3.06 bits per heavy atom. The lowest BCUT2D eigenvalue weighted by Crippen LogP contribution is -2.04. The Morgan fingerprint density at radius 1 is 1.47 bits per heavy atom. The lowest BCUT2D eigenvalue weighted by atomic mass is 10.4. The number of hydrogen-bond donors (Lipinski definition) is 1. The molecule has 0 aliphatic carbocycles. The Balaban J connectivity index is 2.04. The molecule has 0 bridgehead atoms. The van der Waals surface area contributed by atoms with Crippen molar-refractivity contribution in [3.63, 3.8) is 0 Å². The van der Waals surface area contributed by atoms with Gasteiger partial charge in [0.05, 0.1) is 6.54 Å². The lowest BCUT2D eigenvalue weighted by molar-refractivity contribution is 0.178. The molecule has 2 heterocycles. The van der Waals surface area contributed by atoms with Crippen LogP contribution in [0.1, 0.15) is 10.7 Å². The molecular formula is C11H12ClN3OS. The van der Waals surface area contributed by atoms with E-state index in [-0.39, 0.29) is 0 Å². The van der Waals surface area contributed by atoms with Gasteiger partial charge < -0.3 is 10.1 Å². The van der Waals surface area contributed by atoms with Crippen molar-refractivity contribution in [3.05, 3.63) is 39.4 Å². The second-order valence-electron chi connectivity index (χ2n) is 3.36. The molecular weight excluding hydrogens is 258 g/mol. The van der Waals surface area contributed by atoms with Crippen molar-refractivity contribution in [2.45, 2.75) is 13.2 Å². The standard InChI is InChI=1S/C11H12ClN3OS/c1-16-7-11-14-9(12)5-10(15-11)13-6-8-3-2-4-17-8/h2-5H,6-7H2,1H3,(H,13,14,15). The smallest absolute Gasteiger partial charge is 0.158 e. The zero-order chi connectivity index (χ0) is 12.1. The van der Waals surface area contributed by atoms with Gasteiger partial charge in [-0.05, 0) is 11.4 Å². The van der Waals surface area contributed by atoms with E-state index in [4.69, 9.17) is 16.3 Å². The summed E-state index contributed by atoms with van der Waals surface area (Å²) < 4.78 is 4.98. The van der Waals surface area contributed by atoms with Gasteiger partial charge in [0.2, 0.25) is 0 Å². The molecule has 2 aromatic heterocycles. The van der Waals surface area contributed by atoms with Crippen LogP contribution in [0, 0.1) is 0 Å². The Hall–Kier alpha value is -1.17. The van der Waals surface area contributed by atoms with E-state index in [1.165, 1.54) is 4.88 Å². The van der Waals surface area contributed by atoms with Crippen LogP contribution in [0.4, 0.5) is 5.82 Å². The fraction of sp³-hybridized carbons (Fsp3) is 0.273. The molecule has 0 aliphatic heterocycles. The van der Waals surface area contributed by atoms with E-state index < -0.39 is 0 Å². The molecule has 0 saturated carbocycles. The van der Waals surface area contributed by atoms with Crippen molar-refractivity contribution in [2.24, 2.45) is 0 Å². The van der Waals surface area contributed by atoms with E-state index in [1.807, 2.05) is 11.4 Å². The number of rotatable bonds is 5. The van der Waals surface area contributed by atoms with E-state index >= 15 is 0 Å². The maximum absolute atomic E-state index is 5.90. The summed E-state index contributed by atoms with van der Waals surface area (Å²) in [6.07, 6.45) is 0. The van der Waals surface area contributed by atoms with Crippen LogP contribution in [-0.2, 0) is 17.9 Å². The molecule has 2 aromatic rings. The van der Waals surface area contributed by atoms with Crippen LogP contribution < -0.4 is 5.32 Å². The normalized spacial score (nSPS) is 10.5. The maximum Gasteiger partial charge on any atom is 0.158 e. The second-order valence-corrected chi connectivity index (χ2v) is 4.78. The summed E-state index contributed by atoms with van der Waals surface area (Å²) in [5.41, 5.74) is 0. The van der Waals surface area contributed by atoms with Gasteiger partial charge in [-0.25, -0.2) is 9.97 Å². The molecule has 1 N–H and O–H groups in total. The van der Waals surface area contributed by atoms with Gasteiger partial charge in [0.1, 0.15) is 17.6 Å². The van der Waals surface area contributed by atoms with Crippen molar-refractivity contribution in [1.82, 2.24) is 9.97 Å². The van der Waals surface area contributed by atoms with Crippen LogP contribution in [0.5, 0.6) is 0 Å². The highest BCUT2D eigenvalue weighted by atomic mass is 35.5. The van der Waals surface area contributed by atoms with Crippen LogP contribution in [0.3, 0.4) is 0 Å². The molecule has 0 aliphatic rings. The largest absolute Gasteiger partial charge is 0.377 e. The summed E-state index contributed by atoms with van der Waals surface area (Å²) in [6.45, 7) is 1.09. The zero-order valence-electron chi connectivity index (χ0n) is 9.31. The van der Waals surface area contributed by atoms with Crippen molar-refractivity contribution in [3.8, 4) is 0 Å². The molecule has 0 saturated heterocycles. The number of methoxy groups -OCH3 is 1. The third-order valence-electron chi connectivity index (χ3n) is 2.04. The number of anilines is 1. The molecule has 4 nitrogen and oxygen atoms in total. The zero-order valence-corrected chi connectivity index (χ0v) is 10.9. The van der Waals surface area contributed by atoms with Crippen LogP contribution >= 0.6 is 22.9 Å². The molecule has 0 aromatic carbocycles. The number of hydrogen-bond acceptors (Lipinski definition) is 5. The highest BCUT2D eigenvalue weighted by Gasteiger charge is 2.03. The van der Waals surface area contributed by atoms with Crippen molar-refractivity contribution in [1.29, 1.82) is 0 Å². The second kappa shape index (κ2) is 5.95. The minimum atomic E-state index is 0.355. The predicted molar refractivity (Wildman–Crippen MR) is 69.4 cm³/mol. The van der Waals surface area contributed by atoms with Crippen molar-refractivity contribution >= 4 is 28.8 Å². The van der Waals surface area contributed by atoms with Gasteiger partial charge in [0, 0.05) is 18.1 Å². The molecule has 90 valence electrons. The molecule has 2 rings (SSSR count). The fourth-order valence-corrected chi connectivity index (χ4v) is 2.19. The first-order valence-electron chi connectivity index (χ1n) is 5.06. The molecule has 17 heavy (non-hydrogen) atoms. The van der Waals surface area contributed by atoms with E-state index in [9.17, 15) is 0 Å². The number of ether oxygens (including phenoxy) is 1. The number of halogens is 1. The Morgan fingerprint density at radius 2 is 2.35 bits per heavy atom. The number of nitrogens with zero attached hydrogens (tertiary/aromatic N) is 2. The summed E-state index contributed by atoms with van der Waals surface area (Å²) >= 11 is 7.60. The van der Waals surface area contributed by atoms with Gasteiger partial charge in [0.25, 0.3) is 0 Å². The topological polar surface area (TPSA) is 47.0 Å². The average Bonchev–Trinajstić information content (AvgIpc) is 2.79. The van der Waals surface area contributed by atoms with Crippen LogP contribution in [0.25, 0.3) is 0 Å². The predicted octanol–water partition coefficient (Wildman–Crippen LogP) is 2.95. The molecule has 0 radical (unpaired) electrons. The van der Waals surface area contributed by atoms with Crippen molar-refractivity contribution < 1.29 is 4.74 Å². The van der Waals surface area contributed by atoms with Crippen molar-refractivity contribution in [2.75, 3.05) is 12.4 Å². The van der Waals surface area contributed by atoms with Crippen LogP contribution in [0.2, 0.25) is 5.15 Å². The van der Waals surface area contributed by atoms with Crippen LogP contribution in [0.15, 0.2) is 23.6 Å². The first-order valence-corrected chi connectivity index (χ1v) is 6.32. The van der Waals surface area contributed by atoms with E-state index in [2.05, 4.69) is 21.4 Å². The van der Waals surface area contributed by atoms with E-state index in [1.54, 1.807) is 24.5 Å². The van der Waals surface area contributed by atoms with Gasteiger partial charge >= 0.3 is 0 Å². The Labute approximate surface area is 109 Å². The monoisotopic (exact) mass is 269 g/mol. The average molecular weight is 270 g/mol. The minimum absolute atomic E-state index is 0.355. The van der Waals surface area contributed by atoms with Gasteiger partial charge in [0.15, 0.2) is 5.82 Å². The molecule has 6 heteroatoms. The van der Waals surface area contributed by atoms with Gasteiger partial charge in [-0.2, -0.15) is 0 Å². The van der Waals surface area contributed by atoms with Gasteiger partial charge in [-0.3, -0.25) is 0 Å². The summed E-state index contributed by atoms with van der Waals surface area (Å²) in [7, 11) is 1.60. The minimum Gasteiger partial charge on any atom is -0.377 e. The van der Waals surface area contributed by atoms with E-state index in [0.717, 1.165) is 6.54 Å². The Bertz CT molecular complexity index is 476. The third-order valence-corrected chi connectivity index (χ3v) is 3.11. The maximum atomic E-state index is 5.90. The molecule has 0 spiro atoms. The lowest BCUT2D eigenvalue weighted by Gasteiger charge is -2.06. The first kappa shape index (κ1) is 12.3. The third kappa shape index (κ3) is 3.66. The summed E-state index contributed by atoms with van der Waals surface area (Å²) in [6, 6.07) is 5.79. The summed E-state index contributed by atoms with van der Waals surface area (Å²) in [5.74, 6) is 1.29.